The molecular formula is C14H9IN4O6. The van der Waals surface area contributed by atoms with Gasteiger partial charge in [0.25, 0.3) is 11.6 Å². The van der Waals surface area contributed by atoms with Gasteiger partial charge in [-0.05, 0) is 40.8 Å². The molecule has 0 aliphatic rings. The molecule has 0 atom stereocenters. The summed E-state index contributed by atoms with van der Waals surface area (Å²) >= 11 is 2.03. The monoisotopic (exact) mass is 456 g/mol. The van der Waals surface area contributed by atoms with Crippen LogP contribution >= 0.6 is 22.6 Å². The molecule has 0 heterocycles. The molecule has 2 aromatic carbocycles. The van der Waals surface area contributed by atoms with Crippen LogP contribution in [0.25, 0.3) is 0 Å². The van der Waals surface area contributed by atoms with Crippen molar-refractivity contribution in [2.75, 3.05) is 0 Å². The smallest absolute Gasteiger partial charge is 0.318 e. The van der Waals surface area contributed by atoms with Crippen LogP contribution in [0.1, 0.15) is 15.9 Å². The molecule has 0 fully saturated rings. The number of carbonyl (C=O) groups is 1. The summed E-state index contributed by atoms with van der Waals surface area (Å²) in [6, 6.07) is 8.18. The highest BCUT2D eigenvalue weighted by Crippen LogP contribution is 2.33. The van der Waals surface area contributed by atoms with Crippen LogP contribution in [-0.2, 0) is 0 Å². The minimum absolute atomic E-state index is 0.274. The van der Waals surface area contributed by atoms with Gasteiger partial charge in [0.05, 0.1) is 27.7 Å². The fourth-order valence-electron chi connectivity index (χ4n) is 1.82. The zero-order chi connectivity index (χ0) is 18.6. The lowest BCUT2D eigenvalue weighted by molar-refractivity contribution is -0.394. The van der Waals surface area contributed by atoms with Gasteiger partial charge in [0, 0.05) is 15.2 Å². The number of hydrazone groups is 1. The van der Waals surface area contributed by atoms with Crippen LogP contribution in [0, 0.1) is 23.8 Å². The van der Waals surface area contributed by atoms with E-state index < -0.39 is 32.9 Å². The third-order valence-corrected chi connectivity index (χ3v) is 3.64. The van der Waals surface area contributed by atoms with E-state index in [0.29, 0.717) is 11.6 Å². The van der Waals surface area contributed by atoms with Crippen molar-refractivity contribution in [2.45, 2.75) is 0 Å². The first-order chi connectivity index (χ1) is 11.8. The summed E-state index contributed by atoms with van der Waals surface area (Å²) in [6.45, 7) is 0. The van der Waals surface area contributed by atoms with Gasteiger partial charge in [0.1, 0.15) is 0 Å². The molecule has 2 aromatic rings. The summed E-state index contributed by atoms with van der Waals surface area (Å²) in [5.41, 5.74) is 0.811. The summed E-state index contributed by atoms with van der Waals surface area (Å²) in [5, 5.41) is 35.1. The van der Waals surface area contributed by atoms with Crippen molar-refractivity contribution in [1.29, 1.82) is 0 Å². The van der Waals surface area contributed by atoms with E-state index >= 15 is 0 Å². The number of nitro benzene ring substituents is 2. The Bertz CT molecular complexity index is 899. The summed E-state index contributed by atoms with van der Waals surface area (Å²) in [6.07, 6.45) is 0.890. The molecule has 128 valence electrons. The van der Waals surface area contributed by atoms with E-state index in [1.807, 2.05) is 22.6 Å². The van der Waals surface area contributed by atoms with Crippen molar-refractivity contribution in [3.63, 3.8) is 0 Å². The molecule has 0 bridgehead atoms. The third-order valence-electron chi connectivity index (χ3n) is 2.97. The number of aromatic hydroxyl groups is 1. The van der Waals surface area contributed by atoms with Gasteiger partial charge in [-0.25, -0.2) is 5.43 Å². The normalized spacial score (nSPS) is 10.6. The van der Waals surface area contributed by atoms with Crippen molar-refractivity contribution in [3.05, 3.63) is 71.3 Å². The molecule has 0 spiro atoms. The minimum Gasteiger partial charge on any atom is -0.502 e. The largest absolute Gasteiger partial charge is 0.502 e. The Balaban J connectivity index is 2.27. The van der Waals surface area contributed by atoms with Crippen molar-refractivity contribution in [3.8, 4) is 5.75 Å². The highest BCUT2D eigenvalue weighted by Gasteiger charge is 2.23. The molecule has 2 rings (SSSR count). The Morgan fingerprint density at radius 1 is 1.20 bits per heavy atom. The molecule has 0 aromatic heterocycles. The van der Waals surface area contributed by atoms with E-state index in [4.69, 9.17) is 0 Å². The Morgan fingerprint density at radius 2 is 1.92 bits per heavy atom. The van der Waals surface area contributed by atoms with Gasteiger partial charge in [-0.1, -0.05) is 6.07 Å². The first-order valence-electron chi connectivity index (χ1n) is 6.54. The lowest BCUT2D eigenvalue weighted by Gasteiger charge is -2.02. The molecule has 0 saturated heterocycles. The van der Waals surface area contributed by atoms with Crippen molar-refractivity contribution < 1.29 is 19.7 Å². The van der Waals surface area contributed by atoms with Gasteiger partial charge in [-0.15, -0.1) is 0 Å². The van der Waals surface area contributed by atoms with E-state index in [2.05, 4.69) is 10.5 Å². The molecule has 1 amide bonds. The van der Waals surface area contributed by atoms with Crippen molar-refractivity contribution >= 4 is 46.1 Å². The molecule has 25 heavy (non-hydrogen) atoms. The van der Waals surface area contributed by atoms with Crippen molar-refractivity contribution in [2.24, 2.45) is 5.10 Å². The molecule has 0 aliphatic carbocycles. The lowest BCUT2D eigenvalue weighted by atomic mass is 10.1. The van der Waals surface area contributed by atoms with Crippen LogP contribution in [0.2, 0.25) is 0 Å². The van der Waals surface area contributed by atoms with Crippen LogP contribution < -0.4 is 5.43 Å². The number of benzene rings is 2. The standard InChI is InChI=1S/C14H9IN4O6/c15-10-3-1-2-8(4-10)14(21)17-16-7-9-5-11(18(22)23)6-12(13(9)20)19(24)25/h1-7,20H,(H,17,21). The summed E-state index contributed by atoms with van der Waals surface area (Å²) in [4.78, 5) is 31.8. The predicted octanol–water partition coefficient (Wildman–Crippen LogP) is 2.58. The predicted molar refractivity (Wildman–Crippen MR) is 95.6 cm³/mol. The maximum atomic E-state index is 11.9. The van der Waals surface area contributed by atoms with E-state index in [9.17, 15) is 30.1 Å². The number of nitrogens with zero attached hydrogens (tertiary/aromatic N) is 3. The van der Waals surface area contributed by atoms with Gasteiger partial charge in [0.2, 0.25) is 5.75 Å². The number of amides is 1. The number of hydrogen-bond acceptors (Lipinski definition) is 7. The highest BCUT2D eigenvalue weighted by atomic mass is 127. The Hall–Kier alpha value is -3.09. The lowest BCUT2D eigenvalue weighted by Crippen LogP contribution is -2.17. The summed E-state index contributed by atoms with van der Waals surface area (Å²) in [7, 11) is 0. The van der Waals surface area contributed by atoms with Crippen LogP contribution in [0.5, 0.6) is 5.75 Å². The van der Waals surface area contributed by atoms with Crippen LogP contribution in [0.15, 0.2) is 41.5 Å². The topological polar surface area (TPSA) is 148 Å². The van der Waals surface area contributed by atoms with Crippen LogP contribution in [0.3, 0.4) is 0 Å². The maximum absolute atomic E-state index is 11.9. The highest BCUT2D eigenvalue weighted by molar-refractivity contribution is 14.1. The average Bonchev–Trinajstić information content (AvgIpc) is 2.55. The van der Waals surface area contributed by atoms with E-state index in [1.165, 1.54) is 0 Å². The number of phenolic OH excluding ortho intramolecular Hbond substituents is 1. The Morgan fingerprint density at radius 3 is 2.52 bits per heavy atom. The molecule has 0 aliphatic heterocycles. The SMILES string of the molecule is O=C(NN=Cc1cc([N+](=O)[O-])cc([N+](=O)[O-])c1O)c1cccc(I)c1. The molecule has 10 nitrogen and oxygen atoms in total. The molecule has 0 radical (unpaired) electrons. The zero-order valence-electron chi connectivity index (χ0n) is 12.2. The fraction of sp³-hybridized carbons (Fsp3) is 0. The quantitative estimate of drug-likeness (QED) is 0.306. The Labute approximate surface area is 153 Å². The molecule has 0 saturated carbocycles. The molecule has 0 unspecified atom stereocenters. The third kappa shape index (κ3) is 4.47. The van der Waals surface area contributed by atoms with Gasteiger partial charge in [-0.2, -0.15) is 5.10 Å². The first-order valence-corrected chi connectivity index (χ1v) is 7.62. The van der Waals surface area contributed by atoms with E-state index in [0.717, 1.165) is 15.9 Å². The second-order valence-electron chi connectivity index (χ2n) is 4.63. The number of halogens is 1. The second-order valence-corrected chi connectivity index (χ2v) is 5.87. The van der Waals surface area contributed by atoms with Crippen LogP contribution in [-0.4, -0.2) is 27.1 Å². The summed E-state index contributed by atoms with van der Waals surface area (Å²) < 4.78 is 0.834. The van der Waals surface area contributed by atoms with Gasteiger partial charge >= 0.3 is 5.69 Å². The number of carbonyl (C=O) groups excluding carboxylic acids is 1. The number of nitro groups is 2. The number of hydrogen-bond donors (Lipinski definition) is 2. The maximum Gasteiger partial charge on any atom is 0.318 e. The molecular weight excluding hydrogens is 447 g/mol. The molecule has 2 N–H and O–H groups in total. The van der Waals surface area contributed by atoms with Gasteiger partial charge < -0.3 is 5.11 Å². The fourth-order valence-corrected chi connectivity index (χ4v) is 2.37. The number of rotatable bonds is 5. The number of phenols is 1. The van der Waals surface area contributed by atoms with Crippen molar-refractivity contribution in [1.82, 2.24) is 5.43 Å². The average molecular weight is 456 g/mol. The number of non-ortho nitro benzene ring substituents is 1. The van der Waals surface area contributed by atoms with Gasteiger partial charge in [-0.3, -0.25) is 25.0 Å². The second kappa shape index (κ2) is 7.65. The molecule has 11 heteroatoms. The summed E-state index contributed by atoms with van der Waals surface area (Å²) in [5.74, 6) is -1.34. The van der Waals surface area contributed by atoms with E-state index in [1.54, 1.807) is 24.3 Å². The van der Waals surface area contributed by atoms with Gasteiger partial charge in [0.15, 0.2) is 0 Å². The number of nitrogens with one attached hydrogen (secondary N) is 1. The first kappa shape index (κ1) is 18.3. The minimum atomic E-state index is -0.954. The zero-order valence-corrected chi connectivity index (χ0v) is 14.4. The Kier molecular flexibility index (Phi) is 5.59. The van der Waals surface area contributed by atoms with Crippen LogP contribution in [0.4, 0.5) is 11.4 Å². The van der Waals surface area contributed by atoms with E-state index in [-0.39, 0.29) is 5.56 Å².